The van der Waals surface area contributed by atoms with Crippen molar-refractivity contribution in [3.63, 3.8) is 0 Å². The SMILES string of the molecule is CCC(F)C(CN)C(C)C. The highest BCUT2D eigenvalue weighted by Crippen LogP contribution is 2.18. The Morgan fingerprint density at radius 2 is 1.90 bits per heavy atom. The van der Waals surface area contributed by atoms with E-state index in [2.05, 4.69) is 0 Å². The van der Waals surface area contributed by atoms with Crippen LogP contribution in [-0.2, 0) is 0 Å². The fourth-order valence-corrected chi connectivity index (χ4v) is 1.14. The zero-order valence-electron chi connectivity index (χ0n) is 7.10. The Kier molecular flexibility index (Phi) is 4.62. The molecule has 0 amide bonds. The lowest BCUT2D eigenvalue weighted by Crippen LogP contribution is -2.28. The minimum Gasteiger partial charge on any atom is -0.330 e. The second-order valence-corrected chi connectivity index (χ2v) is 3.07. The van der Waals surface area contributed by atoms with Gasteiger partial charge in [-0.05, 0) is 18.9 Å². The average molecular weight is 147 g/mol. The van der Waals surface area contributed by atoms with Crippen molar-refractivity contribution < 1.29 is 4.39 Å². The van der Waals surface area contributed by atoms with Gasteiger partial charge in [0.2, 0.25) is 0 Å². The zero-order chi connectivity index (χ0) is 8.15. The number of nitrogens with two attached hydrogens (primary N) is 1. The standard InChI is InChI=1S/C8H18FN/c1-4-8(9)7(5-10)6(2)3/h6-8H,4-5,10H2,1-3H3. The Morgan fingerprint density at radius 3 is 2.00 bits per heavy atom. The van der Waals surface area contributed by atoms with Crippen molar-refractivity contribution in [3.05, 3.63) is 0 Å². The van der Waals surface area contributed by atoms with Crippen molar-refractivity contribution >= 4 is 0 Å². The molecule has 62 valence electrons. The van der Waals surface area contributed by atoms with Gasteiger partial charge in [0, 0.05) is 5.92 Å². The largest absolute Gasteiger partial charge is 0.330 e. The van der Waals surface area contributed by atoms with E-state index in [1.54, 1.807) is 0 Å². The number of hydrogen-bond donors (Lipinski definition) is 1. The first-order valence-electron chi connectivity index (χ1n) is 3.97. The van der Waals surface area contributed by atoms with Gasteiger partial charge >= 0.3 is 0 Å². The molecule has 0 heterocycles. The fourth-order valence-electron chi connectivity index (χ4n) is 1.14. The van der Waals surface area contributed by atoms with Gasteiger partial charge < -0.3 is 5.73 Å². The molecule has 0 aliphatic carbocycles. The van der Waals surface area contributed by atoms with Crippen molar-refractivity contribution in [2.75, 3.05) is 6.54 Å². The molecule has 2 unspecified atom stereocenters. The first-order chi connectivity index (χ1) is 4.63. The Labute approximate surface area is 62.8 Å². The summed E-state index contributed by atoms with van der Waals surface area (Å²) in [6, 6.07) is 0. The predicted molar refractivity (Wildman–Crippen MR) is 42.6 cm³/mol. The van der Waals surface area contributed by atoms with Gasteiger partial charge in [-0.15, -0.1) is 0 Å². The van der Waals surface area contributed by atoms with Crippen molar-refractivity contribution in [1.82, 2.24) is 0 Å². The summed E-state index contributed by atoms with van der Waals surface area (Å²) in [7, 11) is 0. The van der Waals surface area contributed by atoms with E-state index in [1.165, 1.54) is 0 Å². The van der Waals surface area contributed by atoms with Crippen LogP contribution in [0.15, 0.2) is 0 Å². The van der Waals surface area contributed by atoms with Crippen LogP contribution >= 0.6 is 0 Å². The van der Waals surface area contributed by atoms with E-state index in [9.17, 15) is 4.39 Å². The van der Waals surface area contributed by atoms with Crippen LogP contribution in [0.2, 0.25) is 0 Å². The van der Waals surface area contributed by atoms with Crippen LogP contribution in [0.4, 0.5) is 4.39 Å². The minimum atomic E-state index is -0.718. The molecular formula is C8H18FN. The molecule has 0 aromatic rings. The Hall–Kier alpha value is -0.110. The smallest absolute Gasteiger partial charge is 0.104 e. The molecule has 10 heavy (non-hydrogen) atoms. The van der Waals surface area contributed by atoms with Crippen molar-refractivity contribution in [2.45, 2.75) is 33.4 Å². The summed E-state index contributed by atoms with van der Waals surface area (Å²) >= 11 is 0. The zero-order valence-corrected chi connectivity index (χ0v) is 7.10. The van der Waals surface area contributed by atoms with Crippen LogP contribution in [0.25, 0.3) is 0 Å². The normalized spacial score (nSPS) is 17.4. The first kappa shape index (κ1) is 9.89. The van der Waals surface area contributed by atoms with E-state index in [0.29, 0.717) is 18.9 Å². The second kappa shape index (κ2) is 4.67. The molecule has 0 aliphatic heterocycles. The number of hydrogen-bond acceptors (Lipinski definition) is 1. The van der Waals surface area contributed by atoms with E-state index < -0.39 is 6.17 Å². The topological polar surface area (TPSA) is 26.0 Å². The van der Waals surface area contributed by atoms with Crippen molar-refractivity contribution in [1.29, 1.82) is 0 Å². The first-order valence-corrected chi connectivity index (χ1v) is 3.97. The van der Waals surface area contributed by atoms with E-state index in [1.807, 2.05) is 20.8 Å². The summed E-state index contributed by atoms with van der Waals surface area (Å²) in [5.74, 6) is 0.407. The lowest BCUT2D eigenvalue weighted by molar-refractivity contribution is 0.181. The van der Waals surface area contributed by atoms with Crippen LogP contribution in [0.5, 0.6) is 0 Å². The molecule has 1 nitrogen and oxygen atoms in total. The molecule has 2 heteroatoms. The summed E-state index contributed by atoms with van der Waals surface area (Å²) in [6.45, 7) is 6.35. The third kappa shape index (κ3) is 2.65. The van der Waals surface area contributed by atoms with Crippen molar-refractivity contribution in [2.24, 2.45) is 17.6 Å². The lowest BCUT2D eigenvalue weighted by atomic mass is 9.90. The summed E-state index contributed by atoms with van der Waals surface area (Å²) in [6.07, 6.45) is -0.134. The van der Waals surface area contributed by atoms with E-state index >= 15 is 0 Å². The molecule has 2 atom stereocenters. The Balaban J connectivity index is 3.80. The molecule has 0 aliphatic rings. The van der Waals surface area contributed by atoms with Gasteiger partial charge in [0.1, 0.15) is 6.17 Å². The third-order valence-electron chi connectivity index (χ3n) is 1.98. The van der Waals surface area contributed by atoms with Crippen LogP contribution in [0.1, 0.15) is 27.2 Å². The van der Waals surface area contributed by atoms with Crippen LogP contribution in [0, 0.1) is 11.8 Å². The quantitative estimate of drug-likeness (QED) is 0.646. The summed E-state index contributed by atoms with van der Waals surface area (Å²) < 4.78 is 13.0. The molecule has 0 aromatic carbocycles. The van der Waals surface area contributed by atoms with Gasteiger partial charge in [-0.3, -0.25) is 0 Å². The molecule has 2 N–H and O–H groups in total. The number of rotatable bonds is 4. The molecule has 0 spiro atoms. The van der Waals surface area contributed by atoms with Gasteiger partial charge in [-0.2, -0.15) is 0 Å². The summed E-state index contributed by atoms with van der Waals surface area (Å²) in [5, 5.41) is 0. The van der Waals surface area contributed by atoms with E-state index in [4.69, 9.17) is 5.73 Å². The molecule has 0 bridgehead atoms. The van der Waals surface area contributed by atoms with Gasteiger partial charge in [0.15, 0.2) is 0 Å². The molecule has 0 fully saturated rings. The van der Waals surface area contributed by atoms with Gasteiger partial charge in [0.25, 0.3) is 0 Å². The summed E-state index contributed by atoms with van der Waals surface area (Å²) in [4.78, 5) is 0. The second-order valence-electron chi connectivity index (χ2n) is 3.07. The van der Waals surface area contributed by atoms with Gasteiger partial charge in [0.05, 0.1) is 0 Å². The predicted octanol–water partition coefficient (Wildman–Crippen LogP) is 1.97. The molecule has 0 aromatic heterocycles. The lowest BCUT2D eigenvalue weighted by Gasteiger charge is -2.21. The highest BCUT2D eigenvalue weighted by molar-refractivity contribution is 4.71. The average Bonchev–Trinajstić information content (AvgIpc) is 1.88. The highest BCUT2D eigenvalue weighted by atomic mass is 19.1. The van der Waals surface area contributed by atoms with E-state index in [-0.39, 0.29) is 5.92 Å². The molecular weight excluding hydrogens is 129 g/mol. The highest BCUT2D eigenvalue weighted by Gasteiger charge is 2.20. The molecule has 0 rings (SSSR count). The number of alkyl halides is 1. The summed E-state index contributed by atoms with van der Waals surface area (Å²) in [5.41, 5.74) is 5.41. The van der Waals surface area contributed by atoms with Gasteiger partial charge in [-0.1, -0.05) is 20.8 Å². The maximum atomic E-state index is 13.0. The van der Waals surface area contributed by atoms with Crippen molar-refractivity contribution in [3.8, 4) is 0 Å². The van der Waals surface area contributed by atoms with Crippen LogP contribution < -0.4 is 5.73 Å². The Bertz CT molecular complexity index is 83.3. The number of halogens is 1. The van der Waals surface area contributed by atoms with Crippen LogP contribution in [0.3, 0.4) is 0 Å². The molecule has 0 radical (unpaired) electrons. The fraction of sp³-hybridized carbons (Fsp3) is 1.00. The maximum absolute atomic E-state index is 13.0. The maximum Gasteiger partial charge on any atom is 0.104 e. The minimum absolute atomic E-state index is 0.0463. The monoisotopic (exact) mass is 147 g/mol. The Morgan fingerprint density at radius 1 is 1.40 bits per heavy atom. The van der Waals surface area contributed by atoms with Crippen LogP contribution in [-0.4, -0.2) is 12.7 Å². The molecule has 0 saturated carbocycles. The van der Waals surface area contributed by atoms with E-state index in [0.717, 1.165) is 0 Å². The molecule has 0 saturated heterocycles. The third-order valence-corrected chi connectivity index (χ3v) is 1.98. The van der Waals surface area contributed by atoms with Gasteiger partial charge in [-0.25, -0.2) is 4.39 Å².